The normalized spacial score (nSPS) is 26.1. The van der Waals surface area contributed by atoms with Gasteiger partial charge in [-0.25, -0.2) is 0 Å². The molecular weight excluding hydrogens is 280 g/mol. The van der Waals surface area contributed by atoms with E-state index in [1.54, 1.807) is 11.3 Å². The number of fused-ring (bicyclic) bond motifs is 1. The molecule has 3 rings (SSSR count). The molecule has 1 aromatic heterocycles. The number of hydrogen-bond acceptors (Lipinski definition) is 3. The van der Waals surface area contributed by atoms with Crippen molar-refractivity contribution in [1.82, 2.24) is 10.6 Å². The van der Waals surface area contributed by atoms with E-state index in [0.29, 0.717) is 6.04 Å². The highest BCUT2D eigenvalue weighted by Gasteiger charge is 2.28. The Kier molecular flexibility index (Phi) is 5.25. The van der Waals surface area contributed by atoms with Gasteiger partial charge < -0.3 is 10.6 Å². The second-order valence-electron chi connectivity index (χ2n) is 5.30. The number of nitrogens with one attached hydrogen (secondary N) is 2. The Morgan fingerprint density at radius 3 is 3.05 bits per heavy atom. The van der Waals surface area contributed by atoms with Gasteiger partial charge in [-0.3, -0.25) is 4.79 Å². The van der Waals surface area contributed by atoms with Crippen LogP contribution in [0.1, 0.15) is 42.0 Å². The van der Waals surface area contributed by atoms with E-state index in [0.717, 1.165) is 38.8 Å². The number of thiophene rings is 1. The van der Waals surface area contributed by atoms with Gasteiger partial charge in [-0.15, -0.1) is 23.7 Å². The molecule has 1 fully saturated rings. The Morgan fingerprint density at radius 2 is 2.26 bits per heavy atom. The first-order chi connectivity index (χ1) is 8.84. The van der Waals surface area contributed by atoms with Crippen molar-refractivity contribution in [3.05, 3.63) is 21.9 Å². The topological polar surface area (TPSA) is 41.1 Å². The number of aryl methyl sites for hydroxylation is 1. The first-order valence-electron chi connectivity index (χ1n) is 6.92. The zero-order valence-corrected chi connectivity index (χ0v) is 12.6. The second kappa shape index (κ2) is 6.73. The van der Waals surface area contributed by atoms with Gasteiger partial charge in [-0.1, -0.05) is 0 Å². The number of amides is 1. The van der Waals surface area contributed by atoms with Crippen molar-refractivity contribution in [3.63, 3.8) is 0 Å². The van der Waals surface area contributed by atoms with E-state index in [2.05, 4.69) is 22.1 Å². The molecule has 5 heteroatoms. The maximum Gasteiger partial charge on any atom is 0.227 e. The van der Waals surface area contributed by atoms with Crippen LogP contribution in [0.15, 0.2) is 11.4 Å². The van der Waals surface area contributed by atoms with Crippen molar-refractivity contribution in [1.29, 1.82) is 0 Å². The molecule has 0 aromatic carbocycles. The van der Waals surface area contributed by atoms with E-state index in [1.807, 2.05) is 0 Å². The molecule has 2 heterocycles. The maximum absolute atomic E-state index is 12.4. The summed E-state index contributed by atoms with van der Waals surface area (Å²) in [5.74, 6) is 0.338. The minimum Gasteiger partial charge on any atom is -0.352 e. The summed E-state index contributed by atoms with van der Waals surface area (Å²) >= 11 is 1.80. The summed E-state index contributed by atoms with van der Waals surface area (Å²) < 4.78 is 0. The SMILES string of the molecule is Cl.O=C(N[C@H]1CCCNC1)C1CCCc2sccc21. The number of halogens is 1. The Hall–Kier alpha value is -0.580. The summed E-state index contributed by atoms with van der Waals surface area (Å²) in [4.78, 5) is 13.8. The molecule has 0 radical (unpaired) electrons. The van der Waals surface area contributed by atoms with Gasteiger partial charge in [-0.05, 0) is 55.7 Å². The van der Waals surface area contributed by atoms with Crippen LogP contribution < -0.4 is 10.6 Å². The van der Waals surface area contributed by atoms with Crippen molar-refractivity contribution < 1.29 is 4.79 Å². The van der Waals surface area contributed by atoms with Crippen molar-refractivity contribution in [2.75, 3.05) is 13.1 Å². The molecule has 0 bridgehead atoms. The van der Waals surface area contributed by atoms with Gasteiger partial charge in [0.25, 0.3) is 0 Å². The Balaban J connectivity index is 0.00000133. The fraction of sp³-hybridized carbons (Fsp3) is 0.643. The van der Waals surface area contributed by atoms with Gasteiger partial charge >= 0.3 is 0 Å². The van der Waals surface area contributed by atoms with Crippen molar-refractivity contribution in [3.8, 4) is 0 Å². The molecule has 2 atom stereocenters. The largest absolute Gasteiger partial charge is 0.352 e. The van der Waals surface area contributed by atoms with E-state index in [9.17, 15) is 4.79 Å². The van der Waals surface area contributed by atoms with Crippen LogP contribution in [-0.4, -0.2) is 25.0 Å². The third kappa shape index (κ3) is 3.30. The van der Waals surface area contributed by atoms with Crippen LogP contribution in [0.5, 0.6) is 0 Å². The minimum absolute atomic E-state index is 0. The lowest BCUT2D eigenvalue weighted by Crippen LogP contribution is -2.47. The number of carbonyl (C=O) groups excluding carboxylic acids is 1. The fourth-order valence-corrected chi connectivity index (χ4v) is 4.02. The monoisotopic (exact) mass is 300 g/mol. The molecule has 0 saturated carbocycles. The standard InChI is InChI=1S/C14H20N2OS.ClH/c17-14(16-10-3-2-7-15-9-10)12-4-1-5-13-11(12)6-8-18-13;/h6,8,10,12,15H,1-5,7,9H2,(H,16,17);1H/t10-,12?;/m0./s1. The lowest BCUT2D eigenvalue weighted by atomic mass is 9.87. The van der Waals surface area contributed by atoms with Crippen molar-refractivity contribution in [2.24, 2.45) is 0 Å². The number of carbonyl (C=O) groups is 1. The summed E-state index contributed by atoms with van der Waals surface area (Å²) in [5, 5.41) is 8.69. The zero-order chi connectivity index (χ0) is 12.4. The van der Waals surface area contributed by atoms with E-state index in [1.165, 1.54) is 16.9 Å². The number of rotatable bonds is 2. The van der Waals surface area contributed by atoms with E-state index in [-0.39, 0.29) is 24.2 Å². The van der Waals surface area contributed by atoms with Crippen LogP contribution in [-0.2, 0) is 11.2 Å². The molecule has 1 saturated heterocycles. The minimum atomic E-state index is 0. The highest BCUT2D eigenvalue weighted by molar-refractivity contribution is 7.10. The van der Waals surface area contributed by atoms with Gasteiger partial charge in [0.15, 0.2) is 0 Å². The lowest BCUT2D eigenvalue weighted by Gasteiger charge is -2.28. The fourth-order valence-electron chi connectivity index (χ4n) is 3.04. The van der Waals surface area contributed by atoms with Crippen LogP contribution in [0, 0.1) is 0 Å². The molecule has 1 aliphatic heterocycles. The molecule has 19 heavy (non-hydrogen) atoms. The predicted molar refractivity (Wildman–Crippen MR) is 81.3 cm³/mol. The molecule has 1 aliphatic carbocycles. The molecule has 106 valence electrons. The second-order valence-corrected chi connectivity index (χ2v) is 6.30. The van der Waals surface area contributed by atoms with Crippen molar-refractivity contribution >= 4 is 29.7 Å². The van der Waals surface area contributed by atoms with Gasteiger partial charge in [-0.2, -0.15) is 0 Å². The Bertz CT molecular complexity index is 429. The summed E-state index contributed by atoms with van der Waals surface area (Å²) in [6, 6.07) is 2.47. The molecule has 2 aliphatic rings. The quantitative estimate of drug-likeness (QED) is 0.881. The van der Waals surface area contributed by atoms with E-state index >= 15 is 0 Å². The van der Waals surface area contributed by atoms with Crippen LogP contribution in [0.25, 0.3) is 0 Å². The van der Waals surface area contributed by atoms with E-state index < -0.39 is 0 Å². The van der Waals surface area contributed by atoms with E-state index in [4.69, 9.17) is 0 Å². The zero-order valence-electron chi connectivity index (χ0n) is 11.0. The smallest absolute Gasteiger partial charge is 0.227 e. The molecule has 1 unspecified atom stereocenters. The Labute approximate surface area is 124 Å². The third-order valence-corrected chi connectivity index (χ3v) is 5.01. The number of piperidine rings is 1. The van der Waals surface area contributed by atoms with Crippen LogP contribution in [0.3, 0.4) is 0 Å². The Morgan fingerprint density at radius 1 is 1.37 bits per heavy atom. The first kappa shape index (κ1) is 14.8. The molecule has 1 aromatic rings. The summed E-state index contributed by atoms with van der Waals surface area (Å²) in [6.45, 7) is 2.01. The summed E-state index contributed by atoms with van der Waals surface area (Å²) in [5.41, 5.74) is 1.28. The summed E-state index contributed by atoms with van der Waals surface area (Å²) in [6.07, 6.45) is 5.59. The molecule has 3 nitrogen and oxygen atoms in total. The average molecular weight is 301 g/mol. The predicted octanol–water partition coefficient (Wildman–Crippen LogP) is 2.46. The number of hydrogen-bond donors (Lipinski definition) is 2. The third-order valence-electron chi connectivity index (χ3n) is 4.01. The van der Waals surface area contributed by atoms with Crippen LogP contribution in [0.2, 0.25) is 0 Å². The van der Waals surface area contributed by atoms with Gasteiger partial charge in [0.1, 0.15) is 0 Å². The van der Waals surface area contributed by atoms with Crippen molar-refractivity contribution in [2.45, 2.75) is 44.1 Å². The first-order valence-corrected chi connectivity index (χ1v) is 7.80. The van der Waals surface area contributed by atoms with Crippen LogP contribution >= 0.6 is 23.7 Å². The molecule has 1 amide bonds. The average Bonchev–Trinajstić information content (AvgIpc) is 2.87. The maximum atomic E-state index is 12.4. The highest BCUT2D eigenvalue weighted by atomic mass is 35.5. The highest BCUT2D eigenvalue weighted by Crippen LogP contribution is 2.35. The van der Waals surface area contributed by atoms with Gasteiger partial charge in [0.2, 0.25) is 5.91 Å². The molecule has 2 N–H and O–H groups in total. The van der Waals surface area contributed by atoms with Gasteiger partial charge in [0, 0.05) is 17.5 Å². The molecular formula is C14H21ClN2OS. The molecule has 0 spiro atoms. The van der Waals surface area contributed by atoms with Crippen LogP contribution in [0.4, 0.5) is 0 Å². The summed E-state index contributed by atoms with van der Waals surface area (Å²) in [7, 11) is 0. The lowest BCUT2D eigenvalue weighted by molar-refractivity contribution is -0.123. The van der Waals surface area contributed by atoms with Gasteiger partial charge in [0.05, 0.1) is 5.92 Å².